The van der Waals surface area contributed by atoms with E-state index in [1.165, 1.54) is 6.07 Å². The molecule has 1 aliphatic heterocycles. The van der Waals surface area contributed by atoms with Crippen molar-refractivity contribution in [3.63, 3.8) is 0 Å². The van der Waals surface area contributed by atoms with Crippen LogP contribution in [-0.2, 0) is 0 Å². The zero-order valence-corrected chi connectivity index (χ0v) is 15.9. The average molecular weight is 389 g/mol. The van der Waals surface area contributed by atoms with Crippen LogP contribution >= 0.6 is 12.4 Å². The van der Waals surface area contributed by atoms with Crippen LogP contribution in [-0.4, -0.2) is 51.5 Å². The van der Waals surface area contributed by atoms with Crippen LogP contribution in [0.2, 0.25) is 0 Å². The minimum absolute atomic E-state index is 0. The van der Waals surface area contributed by atoms with Crippen molar-refractivity contribution in [2.45, 2.75) is 13.0 Å². The van der Waals surface area contributed by atoms with Crippen LogP contribution in [0.4, 0.5) is 0 Å². The van der Waals surface area contributed by atoms with Crippen molar-refractivity contribution >= 4 is 12.4 Å². The fourth-order valence-corrected chi connectivity index (χ4v) is 3.09. The van der Waals surface area contributed by atoms with Gasteiger partial charge in [-0.15, -0.1) is 12.4 Å². The summed E-state index contributed by atoms with van der Waals surface area (Å²) in [5, 5.41) is 11.9. The molecule has 0 spiro atoms. The predicted octanol–water partition coefficient (Wildman–Crippen LogP) is 1.59. The molecule has 0 bridgehead atoms. The number of rotatable bonds is 3. The molecular formula is C18H21ClN6O2. The van der Waals surface area contributed by atoms with Crippen molar-refractivity contribution < 1.29 is 4.52 Å². The van der Waals surface area contributed by atoms with Gasteiger partial charge in [0.25, 0.3) is 5.89 Å². The molecule has 1 fully saturated rings. The largest absolute Gasteiger partial charge is 0.332 e. The molecule has 3 heterocycles. The van der Waals surface area contributed by atoms with Gasteiger partial charge in [0, 0.05) is 31.4 Å². The second-order valence-electron chi connectivity index (χ2n) is 6.40. The lowest BCUT2D eigenvalue weighted by Crippen LogP contribution is -2.44. The standard InChI is InChI=1S/C18H20N6O2.ClH/c1-12-10-15(25)16(21-24(12)13-6-4-3-5-7-13)18-20-17(22-26-18)14-11-19-8-9-23(14)2;/h3-7,10,14,19H,8-9,11H2,1-2H3;1H. The van der Waals surface area contributed by atoms with E-state index in [-0.39, 0.29) is 35.5 Å². The van der Waals surface area contributed by atoms with Gasteiger partial charge in [-0.3, -0.25) is 9.69 Å². The van der Waals surface area contributed by atoms with Gasteiger partial charge >= 0.3 is 0 Å². The number of para-hydroxylation sites is 1. The molecule has 1 N–H and O–H groups in total. The highest BCUT2D eigenvalue weighted by atomic mass is 35.5. The monoisotopic (exact) mass is 388 g/mol. The van der Waals surface area contributed by atoms with Gasteiger partial charge < -0.3 is 9.84 Å². The summed E-state index contributed by atoms with van der Waals surface area (Å²) in [6, 6.07) is 11.2. The topological polar surface area (TPSA) is 89.1 Å². The van der Waals surface area contributed by atoms with E-state index in [9.17, 15) is 4.79 Å². The molecule has 8 nitrogen and oxygen atoms in total. The summed E-state index contributed by atoms with van der Waals surface area (Å²) in [6.07, 6.45) is 0. The first kappa shape index (κ1) is 19.2. The zero-order chi connectivity index (χ0) is 18.1. The number of benzene rings is 1. The summed E-state index contributed by atoms with van der Waals surface area (Å²) < 4.78 is 7.08. The number of nitrogens with zero attached hydrogens (tertiary/aromatic N) is 5. The molecule has 1 aliphatic rings. The molecule has 0 amide bonds. The van der Waals surface area contributed by atoms with Crippen molar-refractivity contribution in [3.8, 4) is 17.3 Å². The first-order valence-corrected chi connectivity index (χ1v) is 8.55. The van der Waals surface area contributed by atoms with Crippen molar-refractivity contribution in [3.05, 3.63) is 58.1 Å². The van der Waals surface area contributed by atoms with E-state index in [0.717, 1.165) is 31.0 Å². The summed E-state index contributed by atoms with van der Waals surface area (Å²) >= 11 is 0. The molecule has 0 aliphatic carbocycles. The number of nitrogens with one attached hydrogen (secondary N) is 1. The lowest BCUT2D eigenvalue weighted by molar-refractivity contribution is 0.190. The summed E-state index contributed by atoms with van der Waals surface area (Å²) in [7, 11) is 2.02. The number of halogens is 1. The number of aryl methyl sites for hydroxylation is 1. The van der Waals surface area contributed by atoms with Crippen LogP contribution in [0.5, 0.6) is 0 Å². The van der Waals surface area contributed by atoms with Gasteiger partial charge in [-0.1, -0.05) is 23.4 Å². The average Bonchev–Trinajstić information content (AvgIpc) is 3.12. The Kier molecular flexibility index (Phi) is 5.69. The molecule has 0 radical (unpaired) electrons. The molecule has 1 aromatic carbocycles. The molecule has 0 saturated carbocycles. The van der Waals surface area contributed by atoms with E-state index in [1.807, 2.05) is 44.3 Å². The van der Waals surface area contributed by atoms with Crippen LogP contribution in [0.15, 0.2) is 45.7 Å². The van der Waals surface area contributed by atoms with Crippen molar-refractivity contribution in [2.75, 3.05) is 26.7 Å². The van der Waals surface area contributed by atoms with E-state index >= 15 is 0 Å². The van der Waals surface area contributed by atoms with E-state index < -0.39 is 0 Å². The highest BCUT2D eigenvalue weighted by Gasteiger charge is 2.26. The highest BCUT2D eigenvalue weighted by Crippen LogP contribution is 2.20. The van der Waals surface area contributed by atoms with Crippen LogP contribution < -0.4 is 10.7 Å². The molecule has 1 unspecified atom stereocenters. The Hall–Kier alpha value is -2.55. The molecule has 9 heteroatoms. The van der Waals surface area contributed by atoms with Crippen LogP contribution in [0.25, 0.3) is 17.3 Å². The Labute approximate surface area is 162 Å². The SMILES string of the molecule is Cc1cc(=O)c(-c2nc(C3CNCCN3C)no2)nn1-c1ccccc1.Cl. The first-order valence-electron chi connectivity index (χ1n) is 8.55. The molecule has 3 aromatic rings. The number of aromatic nitrogens is 4. The van der Waals surface area contributed by atoms with Gasteiger partial charge in [-0.2, -0.15) is 10.1 Å². The predicted molar refractivity (Wildman–Crippen MR) is 103 cm³/mol. The van der Waals surface area contributed by atoms with Gasteiger partial charge in [0.15, 0.2) is 11.5 Å². The maximum absolute atomic E-state index is 12.4. The van der Waals surface area contributed by atoms with Crippen molar-refractivity contribution in [2.24, 2.45) is 0 Å². The van der Waals surface area contributed by atoms with Crippen LogP contribution in [0, 0.1) is 6.92 Å². The molecule has 4 rings (SSSR count). The fraction of sp³-hybridized carbons (Fsp3) is 0.333. The van der Waals surface area contributed by atoms with E-state index in [4.69, 9.17) is 4.52 Å². The third-order valence-corrected chi connectivity index (χ3v) is 4.56. The fourth-order valence-electron chi connectivity index (χ4n) is 3.09. The van der Waals surface area contributed by atoms with Crippen LogP contribution in [0.3, 0.4) is 0 Å². The number of hydrogen-bond acceptors (Lipinski definition) is 7. The van der Waals surface area contributed by atoms with E-state index in [1.54, 1.807) is 4.68 Å². The minimum atomic E-state index is -0.236. The summed E-state index contributed by atoms with van der Waals surface area (Å²) in [5.41, 5.74) is 1.52. The maximum atomic E-state index is 12.4. The lowest BCUT2D eigenvalue weighted by atomic mass is 10.2. The third-order valence-electron chi connectivity index (χ3n) is 4.56. The maximum Gasteiger partial charge on any atom is 0.282 e. The number of hydrogen-bond donors (Lipinski definition) is 1. The quantitative estimate of drug-likeness (QED) is 0.728. The second kappa shape index (κ2) is 7.99. The normalized spacial score (nSPS) is 17.5. The zero-order valence-electron chi connectivity index (χ0n) is 15.1. The van der Waals surface area contributed by atoms with Gasteiger partial charge in [0.1, 0.15) is 0 Å². The van der Waals surface area contributed by atoms with E-state index in [0.29, 0.717) is 5.82 Å². The minimum Gasteiger partial charge on any atom is -0.332 e. The summed E-state index contributed by atoms with van der Waals surface area (Å²) in [6.45, 7) is 4.41. The summed E-state index contributed by atoms with van der Waals surface area (Å²) in [4.78, 5) is 19.1. The Balaban J connectivity index is 0.00000210. The highest BCUT2D eigenvalue weighted by molar-refractivity contribution is 5.85. The molecule has 1 saturated heterocycles. The third kappa shape index (κ3) is 3.78. The molecule has 1 atom stereocenters. The van der Waals surface area contributed by atoms with Gasteiger partial charge in [-0.25, -0.2) is 4.68 Å². The Morgan fingerprint density at radius 3 is 2.78 bits per heavy atom. The molecule has 2 aromatic heterocycles. The summed E-state index contributed by atoms with van der Waals surface area (Å²) in [5.74, 6) is 0.705. The van der Waals surface area contributed by atoms with Crippen molar-refractivity contribution in [1.29, 1.82) is 0 Å². The number of likely N-dealkylation sites (N-methyl/N-ethyl adjacent to an activating group) is 1. The van der Waals surface area contributed by atoms with Gasteiger partial charge in [0.05, 0.1) is 11.7 Å². The van der Waals surface area contributed by atoms with E-state index in [2.05, 4.69) is 25.5 Å². The Bertz CT molecular complexity index is 971. The molecule has 27 heavy (non-hydrogen) atoms. The van der Waals surface area contributed by atoms with Gasteiger partial charge in [-0.05, 0) is 26.1 Å². The molecular weight excluding hydrogens is 368 g/mol. The van der Waals surface area contributed by atoms with Gasteiger partial charge in [0.2, 0.25) is 5.43 Å². The Morgan fingerprint density at radius 1 is 1.26 bits per heavy atom. The first-order chi connectivity index (χ1) is 12.6. The van der Waals surface area contributed by atoms with Crippen molar-refractivity contribution in [1.82, 2.24) is 30.1 Å². The lowest BCUT2D eigenvalue weighted by Gasteiger charge is -2.30. The Morgan fingerprint density at radius 2 is 2.04 bits per heavy atom. The smallest absolute Gasteiger partial charge is 0.282 e. The van der Waals surface area contributed by atoms with Crippen LogP contribution in [0.1, 0.15) is 17.6 Å². The number of piperazine rings is 1. The second-order valence-corrected chi connectivity index (χ2v) is 6.40. The molecule has 142 valence electrons.